The summed E-state index contributed by atoms with van der Waals surface area (Å²) >= 11 is 5.55. The fourth-order valence-corrected chi connectivity index (χ4v) is 2.34. The first-order valence-corrected chi connectivity index (χ1v) is 9.13. The van der Waals surface area contributed by atoms with Gasteiger partial charge in [0.1, 0.15) is 17.4 Å². The van der Waals surface area contributed by atoms with Crippen molar-refractivity contribution < 1.29 is 36.6 Å². The molecule has 0 unspecified atom stereocenters. The van der Waals surface area contributed by atoms with Crippen molar-refractivity contribution in [2.24, 2.45) is 0 Å². The maximum absolute atomic E-state index is 13.4. The molecule has 2 amide bonds. The highest BCUT2D eigenvalue weighted by Gasteiger charge is 2.14. The van der Waals surface area contributed by atoms with E-state index in [2.05, 4.69) is 17.2 Å². The summed E-state index contributed by atoms with van der Waals surface area (Å²) in [7, 11) is 0. The van der Waals surface area contributed by atoms with E-state index in [9.17, 15) is 27.2 Å². The Balaban J connectivity index is 1.66. The molecular weight excluding hydrogens is 444 g/mol. The zero-order chi connectivity index (χ0) is 23.0. The minimum atomic E-state index is -1.27. The van der Waals surface area contributed by atoms with Gasteiger partial charge in [-0.15, -0.1) is 0 Å². The van der Waals surface area contributed by atoms with Crippen LogP contribution in [0.2, 0.25) is 5.02 Å². The van der Waals surface area contributed by atoms with Crippen molar-refractivity contribution in [2.75, 3.05) is 19.8 Å². The molecule has 0 saturated carbocycles. The van der Waals surface area contributed by atoms with Crippen molar-refractivity contribution >= 4 is 23.4 Å². The fourth-order valence-electron chi connectivity index (χ4n) is 2.22. The van der Waals surface area contributed by atoms with Crippen LogP contribution in [0.1, 0.15) is 6.42 Å². The highest BCUT2D eigenvalue weighted by atomic mass is 35.5. The average Bonchev–Trinajstić information content (AvgIpc) is 2.68. The highest BCUT2D eigenvalue weighted by Crippen LogP contribution is 2.22. The molecule has 2 aromatic rings. The lowest BCUT2D eigenvalue weighted by molar-refractivity contribution is -0.123. The molecule has 0 spiro atoms. The first-order chi connectivity index (χ1) is 14.7. The van der Waals surface area contributed by atoms with E-state index in [0.717, 1.165) is 6.07 Å². The van der Waals surface area contributed by atoms with Gasteiger partial charge in [0.2, 0.25) is 0 Å². The minimum absolute atomic E-state index is 0.0406. The summed E-state index contributed by atoms with van der Waals surface area (Å²) in [6.45, 7) is 2.54. The van der Waals surface area contributed by atoms with Gasteiger partial charge in [-0.3, -0.25) is 9.59 Å². The standard InChI is InChI=1S/C20H17ClF4N2O4/c1-11(27-19(29)10-30-13-2-3-14(21)15(23)8-13)4-5-26-18(28)9-31-20-16(24)6-12(22)7-17(20)25/h2-3,6-8H,1,4-5,9-10H2,(H,26,28)(H,27,29). The van der Waals surface area contributed by atoms with E-state index in [1.807, 2.05) is 0 Å². The number of hydrogen-bond donors (Lipinski definition) is 2. The van der Waals surface area contributed by atoms with Gasteiger partial charge in [0.15, 0.2) is 30.6 Å². The van der Waals surface area contributed by atoms with E-state index >= 15 is 0 Å². The second-order valence-electron chi connectivity index (χ2n) is 6.10. The minimum Gasteiger partial charge on any atom is -0.484 e. The van der Waals surface area contributed by atoms with Gasteiger partial charge in [-0.2, -0.15) is 0 Å². The molecule has 166 valence electrons. The zero-order valence-electron chi connectivity index (χ0n) is 15.9. The number of carbonyl (C=O) groups is 2. The second kappa shape index (κ2) is 11.2. The molecule has 2 N–H and O–H groups in total. The van der Waals surface area contributed by atoms with E-state index in [1.54, 1.807) is 0 Å². The number of hydrogen-bond acceptors (Lipinski definition) is 4. The van der Waals surface area contributed by atoms with Gasteiger partial charge in [-0.25, -0.2) is 17.6 Å². The average molecular weight is 461 g/mol. The van der Waals surface area contributed by atoms with Crippen molar-refractivity contribution in [2.45, 2.75) is 6.42 Å². The number of amides is 2. The molecule has 0 aliphatic heterocycles. The lowest BCUT2D eigenvalue weighted by atomic mass is 10.3. The number of rotatable bonds is 10. The largest absolute Gasteiger partial charge is 0.484 e. The first kappa shape index (κ1) is 24.0. The molecule has 0 radical (unpaired) electrons. The van der Waals surface area contributed by atoms with Crippen LogP contribution in [0.5, 0.6) is 11.5 Å². The van der Waals surface area contributed by atoms with E-state index in [-0.39, 0.29) is 29.4 Å². The Labute approximate surface area is 179 Å². The Hall–Kier alpha value is -3.27. The third-order valence-corrected chi connectivity index (χ3v) is 3.94. The number of halogens is 5. The number of carbonyl (C=O) groups excluding carboxylic acids is 2. The smallest absolute Gasteiger partial charge is 0.262 e. The predicted octanol–water partition coefficient (Wildman–Crippen LogP) is 3.49. The molecule has 0 aromatic heterocycles. The first-order valence-electron chi connectivity index (χ1n) is 8.75. The summed E-state index contributed by atoms with van der Waals surface area (Å²) in [6.07, 6.45) is 0.145. The van der Waals surface area contributed by atoms with Crippen LogP contribution in [-0.4, -0.2) is 31.6 Å². The van der Waals surface area contributed by atoms with Crippen LogP contribution >= 0.6 is 11.6 Å². The summed E-state index contributed by atoms with van der Waals surface area (Å²) in [5.74, 6) is -6.35. The molecule has 0 aliphatic carbocycles. The van der Waals surface area contributed by atoms with Crippen LogP contribution in [-0.2, 0) is 9.59 Å². The van der Waals surface area contributed by atoms with Crippen molar-refractivity contribution in [3.63, 3.8) is 0 Å². The van der Waals surface area contributed by atoms with E-state index in [0.29, 0.717) is 12.1 Å². The second-order valence-corrected chi connectivity index (χ2v) is 6.51. The number of ether oxygens (including phenoxy) is 2. The Bertz CT molecular complexity index is 965. The van der Waals surface area contributed by atoms with Gasteiger partial charge < -0.3 is 20.1 Å². The van der Waals surface area contributed by atoms with Crippen LogP contribution in [0.3, 0.4) is 0 Å². The summed E-state index contributed by atoms with van der Waals surface area (Å²) in [5.41, 5.74) is 0.257. The summed E-state index contributed by atoms with van der Waals surface area (Å²) in [5, 5.41) is 4.75. The third-order valence-electron chi connectivity index (χ3n) is 3.64. The Kier molecular flexibility index (Phi) is 8.68. The molecule has 6 nitrogen and oxygen atoms in total. The molecule has 2 rings (SSSR count). The number of benzene rings is 2. The molecule has 0 heterocycles. The zero-order valence-corrected chi connectivity index (χ0v) is 16.7. The Morgan fingerprint density at radius 2 is 1.58 bits per heavy atom. The van der Waals surface area contributed by atoms with Crippen molar-refractivity contribution in [1.29, 1.82) is 0 Å². The molecule has 0 aliphatic rings. The fraction of sp³-hybridized carbons (Fsp3) is 0.200. The molecule has 0 saturated heterocycles. The summed E-state index contributed by atoms with van der Waals surface area (Å²) in [6, 6.07) is 4.57. The van der Waals surface area contributed by atoms with Crippen molar-refractivity contribution in [3.8, 4) is 11.5 Å². The summed E-state index contributed by atoms with van der Waals surface area (Å²) < 4.78 is 62.8. The molecule has 0 fully saturated rings. The molecule has 0 bridgehead atoms. The van der Waals surface area contributed by atoms with Crippen LogP contribution in [0.25, 0.3) is 0 Å². The Morgan fingerprint density at radius 3 is 2.23 bits per heavy atom. The van der Waals surface area contributed by atoms with E-state index in [4.69, 9.17) is 21.1 Å². The van der Waals surface area contributed by atoms with Gasteiger partial charge in [-0.1, -0.05) is 18.2 Å². The normalized spacial score (nSPS) is 10.4. The number of nitrogens with one attached hydrogen (secondary N) is 2. The van der Waals surface area contributed by atoms with E-state index < -0.39 is 54.0 Å². The third kappa shape index (κ3) is 7.82. The SMILES string of the molecule is C=C(CCNC(=O)COc1c(F)cc(F)cc1F)NC(=O)COc1ccc(Cl)c(F)c1. The molecule has 11 heteroatoms. The lowest BCUT2D eigenvalue weighted by Gasteiger charge is -2.11. The monoisotopic (exact) mass is 460 g/mol. The molecule has 0 atom stereocenters. The van der Waals surface area contributed by atoms with Crippen LogP contribution in [0.4, 0.5) is 17.6 Å². The van der Waals surface area contributed by atoms with Crippen LogP contribution in [0, 0.1) is 23.3 Å². The quantitative estimate of drug-likeness (QED) is 0.532. The van der Waals surface area contributed by atoms with E-state index in [1.165, 1.54) is 12.1 Å². The molecule has 2 aromatic carbocycles. The van der Waals surface area contributed by atoms with Gasteiger partial charge in [0.25, 0.3) is 11.8 Å². The molecule has 31 heavy (non-hydrogen) atoms. The lowest BCUT2D eigenvalue weighted by Crippen LogP contribution is -2.33. The highest BCUT2D eigenvalue weighted by molar-refractivity contribution is 6.30. The Morgan fingerprint density at radius 1 is 0.935 bits per heavy atom. The van der Waals surface area contributed by atoms with Crippen molar-refractivity contribution in [3.05, 3.63) is 70.9 Å². The van der Waals surface area contributed by atoms with Crippen LogP contribution < -0.4 is 20.1 Å². The maximum Gasteiger partial charge on any atom is 0.262 e. The topological polar surface area (TPSA) is 76.7 Å². The van der Waals surface area contributed by atoms with Gasteiger partial charge in [0, 0.05) is 36.9 Å². The van der Waals surface area contributed by atoms with Gasteiger partial charge in [-0.05, 0) is 12.1 Å². The predicted molar refractivity (Wildman–Crippen MR) is 104 cm³/mol. The summed E-state index contributed by atoms with van der Waals surface area (Å²) in [4.78, 5) is 23.5. The van der Waals surface area contributed by atoms with Gasteiger partial charge in [0.05, 0.1) is 5.02 Å². The van der Waals surface area contributed by atoms with Crippen molar-refractivity contribution in [1.82, 2.24) is 10.6 Å². The molecular formula is C20H17ClF4N2O4. The van der Waals surface area contributed by atoms with Crippen LogP contribution in [0.15, 0.2) is 42.6 Å². The maximum atomic E-state index is 13.4. The van der Waals surface area contributed by atoms with Gasteiger partial charge >= 0.3 is 0 Å².